The number of carbonyl (C=O) groups is 1. The fourth-order valence-corrected chi connectivity index (χ4v) is 3.67. The summed E-state index contributed by atoms with van der Waals surface area (Å²) >= 11 is 0. The molecule has 2 aromatic carbocycles. The van der Waals surface area contributed by atoms with Crippen molar-refractivity contribution >= 4 is 26.8 Å². The molecular weight excluding hydrogens is 378 g/mol. The van der Waals surface area contributed by atoms with Crippen LogP contribution in [0, 0.1) is 0 Å². The van der Waals surface area contributed by atoms with Crippen molar-refractivity contribution in [3.8, 4) is 5.75 Å². The second-order valence-electron chi connectivity index (χ2n) is 6.62. The molecule has 0 radical (unpaired) electrons. The molecule has 0 aliphatic heterocycles. The Balaban J connectivity index is 1.67. The fraction of sp³-hybridized carbons (Fsp3) is 0.300. The maximum atomic E-state index is 12.4. The van der Waals surface area contributed by atoms with Crippen molar-refractivity contribution in [2.75, 3.05) is 19.9 Å². The molecular formula is C20H23N3O4S. The number of fused-ring (bicyclic) bond motifs is 1. The summed E-state index contributed by atoms with van der Waals surface area (Å²) in [5.41, 5.74) is 2.51. The highest BCUT2D eigenvalue weighted by Crippen LogP contribution is 2.17. The third-order valence-electron chi connectivity index (χ3n) is 4.32. The number of nitrogens with zero attached hydrogens (tertiary/aromatic N) is 2. The van der Waals surface area contributed by atoms with Crippen molar-refractivity contribution in [3.05, 3.63) is 59.9 Å². The minimum Gasteiger partial charge on any atom is -0.497 e. The van der Waals surface area contributed by atoms with Gasteiger partial charge in [0.2, 0.25) is 5.91 Å². The first kappa shape index (κ1) is 19.9. The molecule has 0 saturated carbocycles. The van der Waals surface area contributed by atoms with E-state index in [9.17, 15) is 13.2 Å². The molecule has 1 aromatic heterocycles. The molecule has 0 atom stereocenters. The van der Waals surface area contributed by atoms with Gasteiger partial charge in [0.05, 0.1) is 18.1 Å². The van der Waals surface area contributed by atoms with Crippen molar-refractivity contribution in [1.29, 1.82) is 0 Å². The van der Waals surface area contributed by atoms with E-state index in [1.807, 2.05) is 42.5 Å². The molecule has 3 aromatic rings. The van der Waals surface area contributed by atoms with Gasteiger partial charge in [-0.1, -0.05) is 24.3 Å². The fourth-order valence-electron chi connectivity index (χ4n) is 2.98. The topological polar surface area (TPSA) is 90.3 Å². The van der Waals surface area contributed by atoms with E-state index in [4.69, 9.17) is 4.74 Å². The number of benzene rings is 2. The highest BCUT2D eigenvalue weighted by atomic mass is 32.2. The molecule has 0 aliphatic rings. The van der Waals surface area contributed by atoms with Gasteiger partial charge >= 0.3 is 0 Å². The number of ether oxygens (including phenoxy) is 1. The molecule has 0 unspecified atom stereocenters. The van der Waals surface area contributed by atoms with Gasteiger partial charge < -0.3 is 14.6 Å². The maximum Gasteiger partial charge on any atom is 0.240 e. The van der Waals surface area contributed by atoms with Crippen LogP contribution < -0.4 is 10.1 Å². The minimum absolute atomic E-state index is 0.0218. The lowest BCUT2D eigenvalue weighted by atomic mass is 10.1. The van der Waals surface area contributed by atoms with Crippen molar-refractivity contribution < 1.29 is 17.9 Å². The normalized spacial score (nSPS) is 11.5. The van der Waals surface area contributed by atoms with Crippen LogP contribution in [0.25, 0.3) is 11.0 Å². The van der Waals surface area contributed by atoms with E-state index in [-0.39, 0.29) is 18.2 Å². The highest BCUT2D eigenvalue weighted by Gasteiger charge is 2.17. The van der Waals surface area contributed by atoms with Crippen LogP contribution in [-0.2, 0) is 33.4 Å². The van der Waals surface area contributed by atoms with Crippen molar-refractivity contribution in [2.24, 2.45) is 0 Å². The molecule has 0 spiro atoms. The number of para-hydroxylation sites is 2. The standard InChI is InChI=1S/C20H23N3O4S/c1-27-16-9-7-15(8-10-16)11-12-21-20(24)13-23-18-6-4-3-5-17(18)22-19(23)14-28(2,25)26/h3-10H,11-14H2,1-2H3,(H,21,24). The van der Waals surface area contributed by atoms with Gasteiger partial charge in [-0.3, -0.25) is 4.79 Å². The van der Waals surface area contributed by atoms with Crippen LogP contribution in [0.15, 0.2) is 48.5 Å². The first-order valence-electron chi connectivity index (χ1n) is 8.87. The van der Waals surface area contributed by atoms with Gasteiger partial charge in [0.25, 0.3) is 0 Å². The number of nitrogens with one attached hydrogen (secondary N) is 1. The summed E-state index contributed by atoms with van der Waals surface area (Å²) < 4.78 is 30.3. The minimum atomic E-state index is -3.27. The van der Waals surface area contributed by atoms with Crippen LogP contribution in [-0.4, -0.2) is 43.8 Å². The molecule has 148 valence electrons. The monoisotopic (exact) mass is 401 g/mol. The van der Waals surface area contributed by atoms with Crippen molar-refractivity contribution in [3.63, 3.8) is 0 Å². The Morgan fingerprint density at radius 1 is 1.14 bits per heavy atom. The first-order chi connectivity index (χ1) is 13.4. The number of rotatable bonds is 8. The zero-order valence-corrected chi connectivity index (χ0v) is 16.7. The highest BCUT2D eigenvalue weighted by molar-refractivity contribution is 7.89. The third kappa shape index (κ3) is 5.10. The molecule has 0 fully saturated rings. The zero-order valence-electron chi connectivity index (χ0n) is 15.9. The second-order valence-corrected chi connectivity index (χ2v) is 8.76. The SMILES string of the molecule is COc1ccc(CCNC(=O)Cn2c(CS(C)(=O)=O)nc3ccccc32)cc1. The van der Waals surface area contributed by atoms with E-state index in [1.54, 1.807) is 17.7 Å². The van der Waals surface area contributed by atoms with Gasteiger partial charge in [-0.2, -0.15) is 0 Å². The molecule has 1 amide bonds. The van der Waals surface area contributed by atoms with E-state index < -0.39 is 9.84 Å². The van der Waals surface area contributed by atoms with Crippen molar-refractivity contribution in [1.82, 2.24) is 14.9 Å². The summed E-state index contributed by atoms with van der Waals surface area (Å²) in [6, 6.07) is 15.0. The molecule has 1 N–H and O–H groups in total. The summed E-state index contributed by atoms with van der Waals surface area (Å²) in [5, 5.41) is 2.88. The molecule has 28 heavy (non-hydrogen) atoms. The number of imidazole rings is 1. The van der Waals surface area contributed by atoms with Crippen LogP contribution in [0.2, 0.25) is 0 Å². The number of carbonyl (C=O) groups excluding carboxylic acids is 1. The second kappa shape index (κ2) is 8.43. The smallest absolute Gasteiger partial charge is 0.240 e. The molecule has 7 nitrogen and oxygen atoms in total. The van der Waals surface area contributed by atoms with E-state index in [2.05, 4.69) is 10.3 Å². The lowest BCUT2D eigenvalue weighted by molar-refractivity contribution is -0.121. The van der Waals surface area contributed by atoms with E-state index in [0.29, 0.717) is 24.3 Å². The Morgan fingerprint density at radius 2 is 1.86 bits per heavy atom. The van der Waals surface area contributed by atoms with Gasteiger partial charge in [-0.25, -0.2) is 13.4 Å². The predicted molar refractivity (Wildman–Crippen MR) is 108 cm³/mol. The average molecular weight is 401 g/mol. The third-order valence-corrected chi connectivity index (χ3v) is 5.10. The van der Waals surface area contributed by atoms with Gasteiger partial charge in [0.15, 0.2) is 9.84 Å². The molecule has 0 aliphatic carbocycles. The number of aromatic nitrogens is 2. The summed E-state index contributed by atoms with van der Waals surface area (Å²) in [7, 11) is -1.65. The number of hydrogen-bond acceptors (Lipinski definition) is 5. The maximum absolute atomic E-state index is 12.4. The van der Waals surface area contributed by atoms with Crippen LogP contribution in [0.3, 0.4) is 0 Å². The number of methoxy groups -OCH3 is 1. The largest absolute Gasteiger partial charge is 0.497 e. The number of sulfone groups is 1. The van der Waals surface area contributed by atoms with E-state index >= 15 is 0 Å². The Morgan fingerprint density at radius 3 is 2.54 bits per heavy atom. The quantitative estimate of drug-likeness (QED) is 0.623. The van der Waals surface area contributed by atoms with Gasteiger partial charge in [-0.05, 0) is 36.2 Å². The number of amides is 1. The van der Waals surface area contributed by atoms with Gasteiger partial charge in [0.1, 0.15) is 23.9 Å². The summed E-state index contributed by atoms with van der Waals surface area (Å²) in [6.45, 7) is 0.507. The lowest BCUT2D eigenvalue weighted by Crippen LogP contribution is -2.30. The van der Waals surface area contributed by atoms with Gasteiger partial charge in [0, 0.05) is 12.8 Å². The first-order valence-corrected chi connectivity index (χ1v) is 10.9. The number of hydrogen-bond donors (Lipinski definition) is 1. The van der Waals surface area contributed by atoms with Crippen LogP contribution in [0.4, 0.5) is 0 Å². The zero-order chi connectivity index (χ0) is 20.1. The van der Waals surface area contributed by atoms with E-state index in [0.717, 1.165) is 23.1 Å². The summed E-state index contributed by atoms with van der Waals surface area (Å²) in [6.07, 6.45) is 1.85. The van der Waals surface area contributed by atoms with Crippen molar-refractivity contribution in [2.45, 2.75) is 18.7 Å². The Bertz CT molecular complexity index is 1070. The van der Waals surface area contributed by atoms with Crippen LogP contribution in [0.1, 0.15) is 11.4 Å². The van der Waals surface area contributed by atoms with E-state index in [1.165, 1.54) is 0 Å². The Labute approximate surface area is 164 Å². The van der Waals surface area contributed by atoms with Crippen LogP contribution in [0.5, 0.6) is 5.75 Å². The Kier molecular flexibility index (Phi) is 5.99. The molecule has 1 heterocycles. The summed E-state index contributed by atoms with van der Waals surface area (Å²) in [4.78, 5) is 16.8. The molecule has 0 bridgehead atoms. The summed E-state index contributed by atoms with van der Waals surface area (Å²) in [5.74, 6) is 0.763. The van der Waals surface area contributed by atoms with Crippen LogP contribution >= 0.6 is 0 Å². The predicted octanol–water partition coefficient (Wildman–Crippen LogP) is 1.95. The molecule has 0 saturated heterocycles. The average Bonchev–Trinajstić information content (AvgIpc) is 2.98. The molecule has 8 heteroatoms. The molecule has 3 rings (SSSR count). The Hall–Kier alpha value is -2.87. The van der Waals surface area contributed by atoms with Gasteiger partial charge in [-0.15, -0.1) is 0 Å². The lowest BCUT2D eigenvalue weighted by Gasteiger charge is -2.10.